The molecule has 0 aliphatic carbocycles. The normalized spacial score (nSPS) is 16.2. The molecule has 8 atom stereocenters. The number of amides is 6. The molecule has 12 heteroatoms. The van der Waals surface area contributed by atoms with Crippen molar-refractivity contribution in [1.29, 1.82) is 0 Å². The Balaban J connectivity index is 6.35. The molecular weight excluding hydrogens is 624 g/mol. The Morgan fingerprint density at radius 3 is 1.57 bits per heavy atom. The number of unbranched alkanes of at least 4 members (excludes halogenated alkanes) is 2. The van der Waals surface area contributed by atoms with Crippen LogP contribution < -0.4 is 16.4 Å². The van der Waals surface area contributed by atoms with Crippen LogP contribution in [0.2, 0.25) is 0 Å². The molecule has 0 fully saturated rings. The van der Waals surface area contributed by atoms with Crippen molar-refractivity contribution >= 4 is 35.4 Å². The van der Waals surface area contributed by atoms with Crippen LogP contribution in [0.1, 0.15) is 108 Å². The van der Waals surface area contributed by atoms with Gasteiger partial charge in [-0.3, -0.25) is 28.8 Å². The molecule has 0 bridgehead atoms. The maximum Gasteiger partial charge on any atom is 0.246 e. The molecule has 280 valence electrons. The molecule has 6 amide bonds. The highest BCUT2D eigenvalue weighted by atomic mass is 16.2. The molecule has 0 aromatic rings. The lowest BCUT2D eigenvalue weighted by Crippen LogP contribution is -2.62. The zero-order chi connectivity index (χ0) is 38.3. The standard InChI is InChI=1S/C37H66N6O6/c1-15-18-19-20-21-26(10)35(47)42(13)30(23(6)7)37(49)41(12)29(22(4)5)33(45)40-28(24(8)16-2)36(48)43(14)31(25(9)17-3)34(46)39-27(11)32(38)44/h1,22-31H,16-21H2,2-14H3,(H2,38,44)(H,39,46)(H,40,45)/t24-,25-,26+,27-,28-,29-,30-,31-/m0/s1. The van der Waals surface area contributed by atoms with Gasteiger partial charge in [0.2, 0.25) is 35.4 Å². The Morgan fingerprint density at radius 1 is 0.653 bits per heavy atom. The third-order valence-corrected chi connectivity index (χ3v) is 9.72. The van der Waals surface area contributed by atoms with Crippen molar-refractivity contribution in [3.05, 3.63) is 0 Å². The Morgan fingerprint density at radius 2 is 1.12 bits per heavy atom. The van der Waals surface area contributed by atoms with Crippen LogP contribution in [0.15, 0.2) is 0 Å². The molecule has 0 aromatic heterocycles. The Bertz CT molecular complexity index is 1170. The number of terminal acetylenes is 1. The number of nitrogens with one attached hydrogen (secondary N) is 2. The van der Waals surface area contributed by atoms with Gasteiger partial charge in [-0.15, -0.1) is 12.3 Å². The summed E-state index contributed by atoms with van der Waals surface area (Å²) in [5.74, 6) is -1.57. The smallest absolute Gasteiger partial charge is 0.246 e. The number of carbonyl (C=O) groups is 6. The van der Waals surface area contributed by atoms with Crippen LogP contribution in [-0.4, -0.2) is 101 Å². The van der Waals surface area contributed by atoms with Crippen molar-refractivity contribution in [2.75, 3.05) is 21.1 Å². The van der Waals surface area contributed by atoms with Crippen LogP contribution in [0.4, 0.5) is 0 Å². The second kappa shape index (κ2) is 21.5. The minimum atomic E-state index is -0.999. The first-order valence-corrected chi connectivity index (χ1v) is 17.8. The Labute approximate surface area is 296 Å². The highest BCUT2D eigenvalue weighted by Gasteiger charge is 2.41. The predicted octanol–water partition coefficient (Wildman–Crippen LogP) is 3.18. The summed E-state index contributed by atoms with van der Waals surface area (Å²) in [6, 6.07) is -4.62. The lowest BCUT2D eigenvalue weighted by atomic mass is 9.92. The van der Waals surface area contributed by atoms with Crippen LogP contribution in [-0.2, 0) is 28.8 Å². The minimum absolute atomic E-state index is 0.151. The third-order valence-electron chi connectivity index (χ3n) is 9.72. The van der Waals surface area contributed by atoms with Crippen molar-refractivity contribution in [3.8, 4) is 12.3 Å². The van der Waals surface area contributed by atoms with E-state index in [-0.39, 0.29) is 41.4 Å². The largest absolute Gasteiger partial charge is 0.368 e. The molecule has 0 heterocycles. The Hall–Kier alpha value is -3.62. The fraction of sp³-hybridized carbons (Fsp3) is 0.784. The maximum absolute atomic E-state index is 14.1. The molecule has 0 spiro atoms. The number of nitrogens with two attached hydrogens (primary N) is 1. The van der Waals surface area contributed by atoms with E-state index in [1.165, 1.54) is 28.7 Å². The summed E-state index contributed by atoms with van der Waals surface area (Å²) < 4.78 is 0. The van der Waals surface area contributed by atoms with Gasteiger partial charge < -0.3 is 31.1 Å². The summed E-state index contributed by atoms with van der Waals surface area (Å²) >= 11 is 0. The molecule has 0 unspecified atom stereocenters. The van der Waals surface area contributed by atoms with Crippen molar-refractivity contribution < 1.29 is 28.8 Å². The van der Waals surface area contributed by atoms with E-state index in [1.807, 2.05) is 62.3 Å². The first-order valence-electron chi connectivity index (χ1n) is 17.8. The summed E-state index contributed by atoms with van der Waals surface area (Å²) in [5, 5.41) is 5.52. The van der Waals surface area contributed by atoms with Crippen molar-refractivity contribution in [2.45, 2.75) is 138 Å². The van der Waals surface area contributed by atoms with Crippen LogP contribution in [0, 0.1) is 41.9 Å². The maximum atomic E-state index is 14.1. The van der Waals surface area contributed by atoms with E-state index in [2.05, 4.69) is 16.6 Å². The van der Waals surface area contributed by atoms with Gasteiger partial charge in [0, 0.05) is 33.5 Å². The SMILES string of the molecule is C#CCCCC[C@@H](C)C(=O)N(C)[C@H](C(=O)N(C)[C@H](C(=O)N[C@H](C(=O)N(C)[C@H](C(=O)N[C@@H](C)C(N)=O)[C@@H](C)CC)[C@@H](C)CC)C(C)C)C(C)C. The van der Waals surface area contributed by atoms with E-state index in [9.17, 15) is 28.8 Å². The number of primary amides is 1. The fourth-order valence-corrected chi connectivity index (χ4v) is 6.14. The molecule has 49 heavy (non-hydrogen) atoms. The summed E-state index contributed by atoms with van der Waals surface area (Å²) in [5.41, 5.74) is 5.36. The Kier molecular flexibility index (Phi) is 19.9. The molecule has 4 N–H and O–H groups in total. The zero-order valence-electron chi connectivity index (χ0n) is 32.5. The molecule has 0 aromatic carbocycles. The summed E-state index contributed by atoms with van der Waals surface area (Å²) in [6.07, 6.45) is 9.41. The van der Waals surface area contributed by atoms with E-state index >= 15 is 0 Å². The summed E-state index contributed by atoms with van der Waals surface area (Å²) in [4.78, 5) is 84.9. The molecule has 0 aliphatic rings. The third kappa shape index (κ3) is 13.0. The summed E-state index contributed by atoms with van der Waals surface area (Å²) in [6.45, 7) is 18.2. The van der Waals surface area contributed by atoms with Crippen LogP contribution in [0.3, 0.4) is 0 Å². The van der Waals surface area contributed by atoms with E-state index < -0.39 is 53.8 Å². The number of hydrogen-bond donors (Lipinski definition) is 3. The second-order valence-electron chi connectivity index (χ2n) is 14.4. The van der Waals surface area contributed by atoms with Crippen LogP contribution >= 0.6 is 0 Å². The van der Waals surface area contributed by atoms with E-state index in [1.54, 1.807) is 14.1 Å². The number of hydrogen-bond acceptors (Lipinski definition) is 6. The van der Waals surface area contributed by atoms with Gasteiger partial charge >= 0.3 is 0 Å². The quantitative estimate of drug-likeness (QED) is 0.124. The van der Waals surface area contributed by atoms with Gasteiger partial charge in [0.1, 0.15) is 30.2 Å². The van der Waals surface area contributed by atoms with Crippen molar-refractivity contribution in [1.82, 2.24) is 25.3 Å². The summed E-state index contributed by atoms with van der Waals surface area (Å²) in [7, 11) is 4.70. The topological polar surface area (TPSA) is 162 Å². The molecular formula is C37H66N6O6. The van der Waals surface area contributed by atoms with E-state index in [4.69, 9.17) is 12.2 Å². The first kappa shape index (κ1) is 45.4. The number of carbonyl (C=O) groups excluding carboxylic acids is 6. The van der Waals surface area contributed by atoms with E-state index in [0.717, 1.165) is 12.8 Å². The van der Waals surface area contributed by atoms with Gasteiger partial charge in [0.25, 0.3) is 0 Å². The zero-order valence-corrected chi connectivity index (χ0v) is 32.5. The van der Waals surface area contributed by atoms with Gasteiger partial charge in [0.15, 0.2) is 0 Å². The number of nitrogens with zero attached hydrogens (tertiary/aromatic N) is 3. The van der Waals surface area contributed by atoms with Gasteiger partial charge in [0.05, 0.1) is 0 Å². The molecule has 0 aliphatic heterocycles. The molecule has 0 saturated heterocycles. The van der Waals surface area contributed by atoms with Gasteiger partial charge in [-0.2, -0.15) is 0 Å². The molecule has 0 rings (SSSR count). The van der Waals surface area contributed by atoms with Gasteiger partial charge in [-0.25, -0.2) is 0 Å². The average molecular weight is 691 g/mol. The average Bonchev–Trinajstić information content (AvgIpc) is 3.03. The molecule has 12 nitrogen and oxygen atoms in total. The van der Waals surface area contributed by atoms with Crippen molar-refractivity contribution in [3.63, 3.8) is 0 Å². The van der Waals surface area contributed by atoms with Crippen molar-refractivity contribution in [2.24, 2.45) is 35.3 Å². The predicted molar refractivity (Wildman–Crippen MR) is 193 cm³/mol. The minimum Gasteiger partial charge on any atom is -0.368 e. The first-order chi connectivity index (χ1) is 22.7. The van der Waals surface area contributed by atoms with Gasteiger partial charge in [-0.05, 0) is 43.4 Å². The lowest BCUT2D eigenvalue weighted by molar-refractivity contribution is -0.152. The number of likely N-dealkylation sites (N-methyl/N-ethyl adjacent to an activating group) is 3. The molecule has 0 saturated carbocycles. The highest BCUT2D eigenvalue weighted by molar-refractivity contribution is 5.96. The highest BCUT2D eigenvalue weighted by Crippen LogP contribution is 2.23. The monoisotopic (exact) mass is 691 g/mol. The molecule has 0 radical (unpaired) electrons. The second-order valence-corrected chi connectivity index (χ2v) is 14.4. The van der Waals surface area contributed by atoms with Crippen LogP contribution in [0.5, 0.6) is 0 Å². The lowest BCUT2D eigenvalue weighted by Gasteiger charge is -2.39. The van der Waals surface area contributed by atoms with E-state index in [0.29, 0.717) is 25.7 Å². The fourth-order valence-electron chi connectivity index (χ4n) is 6.14. The van der Waals surface area contributed by atoms with Crippen LogP contribution in [0.25, 0.3) is 0 Å². The number of rotatable bonds is 21. The van der Waals surface area contributed by atoms with Gasteiger partial charge in [-0.1, -0.05) is 81.6 Å².